The van der Waals surface area contributed by atoms with Crippen molar-refractivity contribution in [2.24, 2.45) is 5.84 Å². The number of benzene rings is 1. The summed E-state index contributed by atoms with van der Waals surface area (Å²) >= 11 is 1.55. The van der Waals surface area contributed by atoms with Crippen molar-refractivity contribution in [1.82, 2.24) is 4.98 Å². The molecule has 92 valence electrons. The Kier molecular flexibility index (Phi) is 4.27. The van der Waals surface area contributed by atoms with Crippen LogP contribution in [0.3, 0.4) is 0 Å². The second-order valence-corrected chi connectivity index (χ2v) is 4.47. The van der Waals surface area contributed by atoms with E-state index in [0.717, 1.165) is 15.3 Å². The molecule has 0 unspecified atom stereocenters. The third-order valence-electron chi connectivity index (χ3n) is 2.19. The van der Waals surface area contributed by atoms with E-state index in [-0.39, 0.29) is 0 Å². The minimum Gasteiger partial charge on any atom is -0.382 e. The van der Waals surface area contributed by atoms with Gasteiger partial charge < -0.3 is 9.47 Å². The fourth-order valence-corrected chi connectivity index (χ4v) is 2.22. The molecule has 0 fully saturated rings. The highest BCUT2D eigenvalue weighted by Gasteiger charge is 2.08. The molecule has 2 rings (SSSR count). The van der Waals surface area contributed by atoms with Crippen molar-refractivity contribution in [3.05, 3.63) is 24.3 Å². The van der Waals surface area contributed by atoms with Crippen LogP contribution in [0, 0.1) is 0 Å². The first-order valence-electron chi connectivity index (χ1n) is 5.26. The lowest BCUT2D eigenvalue weighted by Gasteiger charge is -2.14. The van der Waals surface area contributed by atoms with Gasteiger partial charge in [-0.2, -0.15) is 0 Å². The highest BCUT2D eigenvalue weighted by molar-refractivity contribution is 7.22. The topological polar surface area (TPSA) is 60.6 Å². The number of para-hydroxylation sites is 1. The van der Waals surface area contributed by atoms with E-state index in [1.54, 1.807) is 18.4 Å². The molecule has 0 saturated heterocycles. The zero-order chi connectivity index (χ0) is 12.1. The van der Waals surface area contributed by atoms with Gasteiger partial charge in [0.15, 0.2) is 0 Å². The molecule has 17 heavy (non-hydrogen) atoms. The Bertz CT molecular complexity index is 441. The van der Waals surface area contributed by atoms with Gasteiger partial charge in [-0.1, -0.05) is 23.5 Å². The van der Waals surface area contributed by atoms with E-state index in [1.807, 2.05) is 24.3 Å². The summed E-state index contributed by atoms with van der Waals surface area (Å²) < 4.78 is 11.3. The van der Waals surface area contributed by atoms with Gasteiger partial charge >= 0.3 is 0 Å². The number of anilines is 1. The Morgan fingerprint density at radius 1 is 1.35 bits per heavy atom. The van der Waals surface area contributed by atoms with Crippen LogP contribution in [0.15, 0.2) is 24.3 Å². The van der Waals surface area contributed by atoms with E-state index in [0.29, 0.717) is 19.9 Å². The van der Waals surface area contributed by atoms with Gasteiger partial charge in [-0.25, -0.2) is 10.8 Å². The largest absolute Gasteiger partial charge is 0.382 e. The second kappa shape index (κ2) is 5.92. The van der Waals surface area contributed by atoms with E-state index in [9.17, 15) is 0 Å². The van der Waals surface area contributed by atoms with Crippen molar-refractivity contribution in [2.75, 3.05) is 32.1 Å². The van der Waals surface area contributed by atoms with Crippen molar-refractivity contribution < 1.29 is 9.47 Å². The molecular formula is C11H15N3O2S. The van der Waals surface area contributed by atoms with Crippen LogP contribution >= 0.6 is 11.3 Å². The molecule has 0 saturated carbocycles. The molecule has 1 aromatic carbocycles. The van der Waals surface area contributed by atoms with Gasteiger partial charge in [-0.15, -0.1) is 0 Å². The maximum absolute atomic E-state index is 5.86. The van der Waals surface area contributed by atoms with Crippen molar-refractivity contribution in [3.8, 4) is 0 Å². The van der Waals surface area contributed by atoms with Gasteiger partial charge in [-0.05, 0) is 12.1 Å². The van der Waals surface area contributed by atoms with Gasteiger partial charge in [0.05, 0.1) is 23.4 Å². The highest BCUT2D eigenvalue weighted by atomic mass is 32.1. The normalized spacial score (nSPS) is 10.9. The zero-order valence-corrected chi connectivity index (χ0v) is 10.4. The molecule has 0 amide bonds. The van der Waals surface area contributed by atoms with Gasteiger partial charge in [0.25, 0.3) is 0 Å². The fraction of sp³-hybridized carbons (Fsp3) is 0.364. The maximum atomic E-state index is 5.86. The van der Waals surface area contributed by atoms with E-state index in [4.69, 9.17) is 15.3 Å². The highest BCUT2D eigenvalue weighted by Crippen LogP contribution is 2.26. The predicted molar refractivity (Wildman–Crippen MR) is 69.0 cm³/mol. The average Bonchev–Trinajstić information content (AvgIpc) is 2.78. The van der Waals surface area contributed by atoms with E-state index < -0.39 is 0 Å². The van der Waals surface area contributed by atoms with Crippen LogP contribution in [0.1, 0.15) is 0 Å². The first-order valence-corrected chi connectivity index (χ1v) is 6.07. The first kappa shape index (κ1) is 12.3. The summed E-state index contributed by atoms with van der Waals surface area (Å²) in [4.78, 5) is 4.42. The van der Waals surface area contributed by atoms with Crippen LogP contribution in [0.2, 0.25) is 0 Å². The number of hydrogen-bond acceptors (Lipinski definition) is 6. The molecular weight excluding hydrogens is 238 g/mol. The number of hydrazine groups is 1. The monoisotopic (exact) mass is 253 g/mol. The molecule has 0 radical (unpaired) electrons. The number of ether oxygens (including phenoxy) is 2. The molecule has 0 aliphatic carbocycles. The molecule has 0 atom stereocenters. The molecule has 1 aromatic heterocycles. The standard InChI is InChI=1S/C11H15N3O2S/c1-15-6-7-16-8-14(12)11-13-9-4-2-3-5-10(9)17-11/h2-5H,6-8,12H2,1H3. The second-order valence-electron chi connectivity index (χ2n) is 3.46. The fourth-order valence-electron chi connectivity index (χ4n) is 1.34. The minimum absolute atomic E-state index is 0.309. The summed E-state index contributed by atoms with van der Waals surface area (Å²) in [6.45, 7) is 1.39. The van der Waals surface area contributed by atoms with Gasteiger partial charge in [0.2, 0.25) is 5.13 Å². The van der Waals surface area contributed by atoms with E-state index in [1.165, 1.54) is 5.01 Å². The number of methoxy groups -OCH3 is 1. The number of rotatable bonds is 6. The van der Waals surface area contributed by atoms with Crippen molar-refractivity contribution in [3.63, 3.8) is 0 Å². The molecule has 2 N–H and O–H groups in total. The molecule has 0 aliphatic heterocycles. The number of fused-ring (bicyclic) bond motifs is 1. The zero-order valence-electron chi connectivity index (χ0n) is 9.63. The minimum atomic E-state index is 0.309. The summed E-state index contributed by atoms with van der Waals surface area (Å²) in [7, 11) is 1.64. The van der Waals surface area contributed by atoms with Crippen LogP contribution in [-0.4, -0.2) is 32.0 Å². The Hall–Kier alpha value is -1.21. The Morgan fingerprint density at radius 2 is 2.18 bits per heavy atom. The van der Waals surface area contributed by atoms with Crippen molar-refractivity contribution in [2.45, 2.75) is 0 Å². The third kappa shape index (κ3) is 3.13. The summed E-state index contributed by atoms with van der Waals surface area (Å²) in [5.74, 6) is 5.86. The molecule has 2 aromatic rings. The van der Waals surface area contributed by atoms with Crippen LogP contribution < -0.4 is 10.9 Å². The van der Waals surface area contributed by atoms with E-state index >= 15 is 0 Å². The predicted octanol–water partition coefficient (Wildman–Crippen LogP) is 1.60. The number of thiazole rings is 1. The quantitative estimate of drug-likeness (QED) is 0.367. The van der Waals surface area contributed by atoms with Crippen molar-refractivity contribution >= 4 is 26.7 Å². The van der Waals surface area contributed by atoms with Crippen LogP contribution in [0.4, 0.5) is 5.13 Å². The van der Waals surface area contributed by atoms with Gasteiger partial charge in [-0.3, -0.25) is 5.01 Å². The smallest absolute Gasteiger partial charge is 0.202 e. The summed E-state index contributed by atoms with van der Waals surface area (Å²) in [6, 6.07) is 7.94. The van der Waals surface area contributed by atoms with Gasteiger partial charge in [0, 0.05) is 7.11 Å². The summed E-state index contributed by atoms with van der Waals surface area (Å²) in [5.41, 5.74) is 0.958. The van der Waals surface area contributed by atoms with Crippen LogP contribution in [0.5, 0.6) is 0 Å². The maximum Gasteiger partial charge on any atom is 0.202 e. The number of hydrogen-bond donors (Lipinski definition) is 1. The number of nitrogens with two attached hydrogens (primary N) is 1. The SMILES string of the molecule is COCCOCN(N)c1nc2ccccc2s1. The summed E-state index contributed by atoms with van der Waals surface area (Å²) in [5, 5.41) is 2.25. The van der Waals surface area contributed by atoms with Crippen molar-refractivity contribution in [1.29, 1.82) is 0 Å². The molecule has 1 heterocycles. The lowest BCUT2D eigenvalue weighted by atomic mass is 10.3. The number of aromatic nitrogens is 1. The van der Waals surface area contributed by atoms with E-state index in [2.05, 4.69) is 4.98 Å². The Balaban J connectivity index is 1.96. The Morgan fingerprint density at radius 3 is 2.94 bits per heavy atom. The number of nitrogens with zero attached hydrogens (tertiary/aromatic N) is 2. The lowest BCUT2D eigenvalue weighted by Crippen LogP contribution is -2.33. The summed E-state index contributed by atoms with van der Waals surface area (Å²) in [6.07, 6.45) is 0. The average molecular weight is 253 g/mol. The molecule has 0 aliphatic rings. The Labute approximate surface area is 104 Å². The first-order chi connectivity index (χ1) is 8.31. The van der Waals surface area contributed by atoms with Crippen LogP contribution in [-0.2, 0) is 9.47 Å². The molecule has 5 nitrogen and oxygen atoms in total. The third-order valence-corrected chi connectivity index (χ3v) is 3.26. The molecule has 6 heteroatoms. The molecule has 0 spiro atoms. The van der Waals surface area contributed by atoms with Gasteiger partial charge in [0.1, 0.15) is 6.73 Å². The molecule has 0 bridgehead atoms. The van der Waals surface area contributed by atoms with Crippen LogP contribution in [0.25, 0.3) is 10.2 Å². The lowest BCUT2D eigenvalue weighted by molar-refractivity contribution is 0.0708.